The van der Waals surface area contributed by atoms with Gasteiger partial charge in [0.15, 0.2) is 0 Å². The number of rotatable bonds is 3. The third-order valence-electron chi connectivity index (χ3n) is 2.12. The first-order valence-electron chi connectivity index (χ1n) is 5.44. The first kappa shape index (κ1) is 13.6. The number of esters is 1. The zero-order valence-electron chi connectivity index (χ0n) is 10.3. The highest BCUT2D eigenvalue weighted by molar-refractivity contribution is 5.72. The molecule has 0 aromatic heterocycles. The van der Waals surface area contributed by atoms with Crippen molar-refractivity contribution in [1.29, 1.82) is 5.26 Å². The van der Waals surface area contributed by atoms with E-state index in [4.69, 9.17) is 14.7 Å². The summed E-state index contributed by atoms with van der Waals surface area (Å²) in [5, 5.41) is 9.03. The topological polar surface area (TPSA) is 59.3 Å². The van der Waals surface area contributed by atoms with Gasteiger partial charge in [-0.05, 0) is 19.1 Å². The average molecular weight is 243 g/mol. The van der Waals surface area contributed by atoms with Crippen LogP contribution in [0.1, 0.15) is 24.5 Å². The summed E-state index contributed by atoms with van der Waals surface area (Å²) in [6.45, 7) is 2.07. The molecular weight excluding hydrogens is 230 g/mol. The van der Waals surface area contributed by atoms with Crippen LogP contribution in [0.15, 0.2) is 18.2 Å². The summed E-state index contributed by atoms with van der Waals surface area (Å²) >= 11 is 0. The van der Waals surface area contributed by atoms with Crippen molar-refractivity contribution in [3.05, 3.63) is 29.3 Å². The van der Waals surface area contributed by atoms with E-state index in [0.29, 0.717) is 23.5 Å². The number of nitriles is 1. The quantitative estimate of drug-likeness (QED) is 0.600. The zero-order valence-corrected chi connectivity index (χ0v) is 10.3. The van der Waals surface area contributed by atoms with Crippen molar-refractivity contribution >= 4 is 5.97 Å². The maximum absolute atomic E-state index is 11.1. The number of methoxy groups -OCH3 is 1. The molecule has 0 radical (unpaired) electrons. The smallest absolute Gasteiger partial charge is 0.317 e. The molecular formula is C14H13NO3. The number of carbonyl (C=O) groups is 1. The van der Waals surface area contributed by atoms with Crippen molar-refractivity contribution in [3.8, 4) is 23.7 Å². The molecule has 4 nitrogen and oxygen atoms in total. The normalized spacial score (nSPS) is 8.72. The summed E-state index contributed by atoms with van der Waals surface area (Å²) < 4.78 is 9.81. The molecule has 0 saturated carbocycles. The SMILES string of the molecule is CCOC(=O)CC#Cc1cccc(OC)c1C#N. The van der Waals surface area contributed by atoms with Crippen LogP contribution >= 0.6 is 0 Å². The van der Waals surface area contributed by atoms with Crippen LogP contribution in [0.5, 0.6) is 5.75 Å². The Bertz CT molecular complexity index is 532. The molecule has 0 atom stereocenters. The lowest BCUT2D eigenvalue weighted by molar-refractivity contribution is -0.141. The van der Waals surface area contributed by atoms with Gasteiger partial charge in [-0.1, -0.05) is 17.9 Å². The van der Waals surface area contributed by atoms with E-state index in [2.05, 4.69) is 11.8 Å². The van der Waals surface area contributed by atoms with Crippen molar-refractivity contribution in [2.24, 2.45) is 0 Å². The van der Waals surface area contributed by atoms with Gasteiger partial charge in [0, 0.05) is 5.56 Å². The van der Waals surface area contributed by atoms with E-state index in [1.165, 1.54) is 7.11 Å². The summed E-state index contributed by atoms with van der Waals surface area (Å²) in [7, 11) is 1.49. The van der Waals surface area contributed by atoms with E-state index in [0.717, 1.165) is 0 Å². The molecule has 0 unspecified atom stereocenters. The van der Waals surface area contributed by atoms with Gasteiger partial charge >= 0.3 is 5.97 Å². The minimum absolute atomic E-state index is 0.00984. The molecule has 0 N–H and O–H groups in total. The first-order valence-corrected chi connectivity index (χ1v) is 5.44. The summed E-state index contributed by atoms with van der Waals surface area (Å²) in [4.78, 5) is 11.1. The molecule has 0 fully saturated rings. The van der Waals surface area contributed by atoms with Crippen LogP contribution in [0.4, 0.5) is 0 Å². The van der Waals surface area contributed by atoms with Gasteiger partial charge in [-0.2, -0.15) is 5.26 Å². The number of hydrogen-bond donors (Lipinski definition) is 0. The molecule has 0 amide bonds. The third kappa shape index (κ3) is 3.54. The minimum Gasteiger partial charge on any atom is -0.495 e. The standard InChI is InChI=1S/C14H13NO3/c1-3-18-14(16)9-5-7-11-6-4-8-13(17-2)12(11)10-15/h4,6,8H,3,9H2,1-2H3. The molecule has 0 bridgehead atoms. The summed E-state index contributed by atoms with van der Waals surface area (Å²) in [6, 6.07) is 7.18. The summed E-state index contributed by atoms with van der Waals surface area (Å²) in [5.41, 5.74) is 0.914. The Balaban J connectivity index is 2.89. The Hall–Kier alpha value is -2.46. The zero-order chi connectivity index (χ0) is 13.4. The molecule has 0 spiro atoms. The molecule has 0 heterocycles. The molecule has 0 aliphatic rings. The van der Waals surface area contributed by atoms with Gasteiger partial charge in [0.1, 0.15) is 23.8 Å². The van der Waals surface area contributed by atoms with E-state index in [9.17, 15) is 4.79 Å². The van der Waals surface area contributed by atoms with E-state index >= 15 is 0 Å². The van der Waals surface area contributed by atoms with Crippen LogP contribution in [-0.2, 0) is 9.53 Å². The van der Waals surface area contributed by atoms with Crippen LogP contribution in [0.3, 0.4) is 0 Å². The molecule has 1 aromatic carbocycles. The molecule has 0 aliphatic carbocycles. The number of nitrogens with zero attached hydrogens (tertiary/aromatic N) is 1. The second kappa shape index (κ2) is 6.98. The molecule has 1 rings (SSSR count). The predicted octanol–water partition coefficient (Wildman–Crippen LogP) is 1.87. The van der Waals surface area contributed by atoms with Crippen molar-refractivity contribution in [1.82, 2.24) is 0 Å². The molecule has 1 aromatic rings. The van der Waals surface area contributed by atoms with Crippen LogP contribution in [0.25, 0.3) is 0 Å². The van der Waals surface area contributed by atoms with Gasteiger partial charge in [0.05, 0.1) is 13.7 Å². The monoisotopic (exact) mass is 243 g/mol. The van der Waals surface area contributed by atoms with Crippen LogP contribution in [-0.4, -0.2) is 19.7 Å². The lowest BCUT2D eigenvalue weighted by Crippen LogP contribution is -2.01. The number of carbonyl (C=O) groups excluding carboxylic acids is 1. The van der Waals surface area contributed by atoms with Gasteiger partial charge in [-0.3, -0.25) is 4.79 Å². The highest BCUT2D eigenvalue weighted by Gasteiger charge is 2.06. The fraction of sp³-hybridized carbons (Fsp3) is 0.286. The Morgan fingerprint density at radius 2 is 2.22 bits per heavy atom. The van der Waals surface area contributed by atoms with Crippen LogP contribution < -0.4 is 4.74 Å². The Kier molecular flexibility index (Phi) is 5.28. The lowest BCUT2D eigenvalue weighted by Gasteiger charge is -2.03. The summed E-state index contributed by atoms with van der Waals surface area (Å²) in [6.07, 6.45) is 0.00984. The second-order valence-electron chi connectivity index (χ2n) is 3.28. The Labute approximate surface area is 106 Å². The molecule has 18 heavy (non-hydrogen) atoms. The third-order valence-corrected chi connectivity index (χ3v) is 2.12. The Morgan fingerprint density at radius 3 is 2.83 bits per heavy atom. The second-order valence-corrected chi connectivity index (χ2v) is 3.28. The maximum atomic E-state index is 11.1. The molecule has 0 saturated heterocycles. The van der Waals surface area contributed by atoms with Gasteiger partial charge in [-0.25, -0.2) is 0 Å². The maximum Gasteiger partial charge on any atom is 0.317 e. The first-order chi connectivity index (χ1) is 8.72. The van der Waals surface area contributed by atoms with E-state index in [1.807, 2.05) is 6.07 Å². The average Bonchev–Trinajstić information content (AvgIpc) is 2.38. The lowest BCUT2D eigenvalue weighted by atomic mass is 10.1. The van der Waals surface area contributed by atoms with Crippen LogP contribution in [0.2, 0.25) is 0 Å². The van der Waals surface area contributed by atoms with Crippen molar-refractivity contribution in [3.63, 3.8) is 0 Å². The number of benzene rings is 1. The van der Waals surface area contributed by atoms with E-state index < -0.39 is 0 Å². The van der Waals surface area contributed by atoms with E-state index in [1.54, 1.807) is 25.1 Å². The highest BCUT2D eigenvalue weighted by Crippen LogP contribution is 2.20. The fourth-order valence-corrected chi connectivity index (χ4v) is 1.34. The van der Waals surface area contributed by atoms with Crippen molar-refractivity contribution < 1.29 is 14.3 Å². The number of ether oxygens (including phenoxy) is 2. The van der Waals surface area contributed by atoms with Gasteiger partial charge in [-0.15, -0.1) is 0 Å². The minimum atomic E-state index is -0.369. The number of hydrogen-bond acceptors (Lipinski definition) is 4. The highest BCUT2D eigenvalue weighted by atomic mass is 16.5. The summed E-state index contributed by atoms with van der Waals surface area (Å²) in [5.74, 6) is 5.56. The largest absolute Gasteiger partial charge is 0.495 e. The van der Waals surface area contributed by atoms with Gasteiger partial charge in [0.25, 0.3) is 0 Å². The van der Waals surface area contributed by atoms with Crippen molar-refractivity contribution in [2.45, 2.75) is 13.3 Å². The van der Waals surface area contributed by atoms with E-state index in [-0.39, 0.29) is 12.4 Å². The van der Waals surface area contributed by atoms with Crippen molar-refractivity contribution in [2.75, 3.05) is 13.7 Å². The Morgan fingerprint density at radius 1 is 1.44 bits per heavy atom. The predicted molar refractivity (Wildman–Crippen MR) is 65.8 cm³/mol. The van der Waals surface area contributed by atoms with Gasteiger partial charge < -0.3 is 9.47 Å². The molecule has 4 heteroatoms. The molecule has 92 valence electrons. The van der Waals surface area contributed by atoms with Crippen LogP contribution in [0, 0.1) is 23.2 Å². The fourth-order valence-electron chi connectivity index (χ4n) is 1.34. The molecule has 0 aliphatic heterocycles. The van der Waals surface area contributed by atoms with Gasteiger partial charge in [0.2, 0.25) is 0 Å².